The number of aromatic nitrogens is 2. The van der Waals surface area contributed by atoms with Crippen molar-refractivity contribution in [3.63, 3.8) is 0 Å². The van der Waals surface area contributed by atoms with Gasteiger partial charge in [-0.05, 0) is 33.1 Å². The number of anilines is 1. The maximum atomic E-state index is 5.66. The van der Waals surface area contributed by atoms with Gasteiger partial charge < -0.3 is 10.1 Å². The molecule has 0 amide bonds. The van der Waals surface area contributed by atoms with Crippen LogP contribution in [0.5, 0.6) is 5.88 Å². The van der Waals surface area contributed by atoms with Gasteiger partial charge in [-0.2, -0.15) is 4.98 Å². The van der Waals surface area contributed by atoms with Gasteiger partial charge in [0.1, 0.15) is 11.6 Å². The van der Waals surface area contributed by atoms with Crippen molar-refractivity contribution in [3.05, 3.63) is 11.9 Å². The van der Waals surface area contributed by atoms with Gasteiger partial charge >= 0.3 is 0 Å². The summed E-state index contributed by atoms with van der Waals surface area (Å²) in [6.45, 7) is 7.10. The highest BCUT2D eigenvalue weighted by Crippen LogP contribution is 2.39. The van der Waals surface area contributed by atoms with E-state index in [1.807, 2.05) is 19.9 Å². The molecule has 1 fully saturated rings. The summed E-state index contributed by atoms with van der Waals surface area (Å²) >= 11 is 0. The smallest absolute Gasteiger partial charge is 0.218 e. The molecule has 0 spiro atoms. The van der Waals surface area contributed by atoms with Crippen LogP contribution in [-0.4, -0.2) is 22.6 Å². The van der Waals surface area contributed by atoms with E-state index in [4.69, 9.17) is 4.74 Å². The Kier molecular flexibility index (Phi) is 3.82. The molecule has 4 nitrogen and oxygen atoms in total. The van der Waals surface area contributed by atoms with Crippen LogP contribution in [0.15, 0.2) is 6.07 Å². The molecule has 1 N–H and O–H groups in total. The van der Waals surface area contributed by atoms with Gasteiger partial charge in [-0.3, -0.25) is 0 Å². The summed E-state index contributed by atoms with van der Waals surface area (Å²) in [5.41, 5.74) is 0. The molecule has 0 bridgehead atoms. The van der Waals surface area contributed by atoms with Crippen LogP contribution in [-0.2, 0) is 0 Å². The summed E-state index contributed by atoms with van der Waals surface area (Å²) in [6, 6.07) is 1.89. The lowest BCUT2D eigenvalue weighted by Gasteiger charge is -2.12. The lowest BCUT2D eigenvalue weighted by Crippen LogP contribution is -2.10. The molecule has 1 saturated carbocycles. The SMILES string of the molecule is CCCNc1cc(OC(C)C)nc(C2CC2)n1. The van der Waals surface area contributed by atoms with E-state index < -0.39 is 0 Å². The van der Waals surface area contributed by atoms with Crippen LogP contribution in [0.2, 0.25) is 0 Å². The summed E-state index contributed by atoms with van der Waals surface area (Å²) in [5.74, 6) is 3.06. The van der Waals surface area contributed by atoms with Crippen LogP contribution < -0.4 is 10.1 Å². The van der Waals surface area contributed by atoms with Crippen molar-refractivity contribution < 1.29 is 4.74 Å². The summed E-state index contributed by atoms with van der Waals surface area (Å²) in [7, 11) is 0. The van der Waals surface area contributed by atoms with Crippen molar-refractivity contribution in [3.8, 4) is 5.88 Å². The Balaban J connectivity index is 2.15. The molecule has 94 valence electrons. The third-order valence-corrected chi connectivity index (χ3v) is 2.58. The standard InChI is InChI=1S/C13H21N3O/c1-4-7-14-11-8-12(17-9(2)3)16-13(15-11)10-5-6-10/h8-10H,4-7H2,1-3H3,(H,14,15,16). The van der Waals surface area contributed by atoms with Crippen LogP contribution in [0.4, 0.5) is 5.82 Å². The molecule has 1 heterocycles. The number of nitrogens with zero attached hydrogens (tertiary/aromatic N) is 2. The van der Waals surface area contributed by atoms with Gasteiger partial charge in [-0.25, -0.2) is 4.98 Å². The quantitative estimate of drug-likeness (QED) is 0.823. The summed E-state index contributed by atoms with van der Waals surface area (Å²) in [4.78, 5) is 9.01. The molecular formula is C13H21N3O. The van der Waals surface area contributed by atoms with Crippen molar-refractivity contribution >= 4 is 5.82 Å². The van der Waals surface area contributed by atoms with Crippen LogP contribution in [0, 0.1) is 0 Å². The second kappa shape index (κ2) is 5.34. The van der Waals surface area contributed by atoms with E-state index in [2.05, 4.69) is 22.2 Å². The first kappa shape index (κ1) is 12.1. The first-order valence-corrected chi connectivity index (χ1v) is 6.48. The molecule has 4 heteroatoms. The fourth-order valence-electron chi connectivity index (χ4n) is 1.61. The Morgan fingerprint density at radius 2 is 2.18 bits per heavy atom. The largest absolute Gasteiger partial charge is 0.475 e. The van der Waals surface area contributed by atoms with E-state index in [9.17, 15) is 0 Å². The van der Waals surface area contributed by atoms with E-state index in [1.54, 1.807) is 0 Å². The van der Waals surface area contributed by atoms with Crippen LogP contribution >= 0.6 is 0 Å². The Bertz CT molecular complexity index is 375. The second-order valence-corrected chi connectivity index (χ2v) is 4.82. The minimum Gasteiger partial charge on any atom is -0.475 e. The van der Waals surface area contributed by atoms with Gasteiger partial charge in [-0.1, -0.05) is 6.92 Å². The van der Waals surface area contributed by atoms with E-state index in [0.29, 0.717) is 11.8 Å². The highest BCUT2D eigenvalue weighted by atomic mass is 16.5. The Morgan fingerprint density at radius 1 is 1.41 bits per heavy atom. The number of hydrogen-bond donors (Lipinski definition) is 1. The first-order valence-electron chi connectivity index (χ1n) is 6.48. The molecule has 0 atom stereocenters. The summed E-state index contributed by atoms with van der Waals surface area (Å²) in [5, 5.41) is 3.30. The third kappa shape index (κ3) is 3.58. The van der Waals surface area contributed by atoms with Crippen molar-refractivity contribution in [2.45, 2.75) is 52.1 Å². The third-order valence-electron chi connectivity index (χ3n) is 2.58. The highest BCUT2D eigenvalue weighted by molar-refractivity contribution is 5.39. The molecular weight excluding hydrogens is 214 g/mol. The second-order valence-electron chi connectivity index (χ2n) is 4.82. The molecule has 1 aromatic heterocycles. The molecule has 2 rings (SSSR count). The molecule has 0 unspecified atom stereocenters. The fourth-order valence-corrected chi connectivity index (χ4v) is 1.61. The Labute approximate surface area is 103 Å². The Hall–Kier alpha value is -1.32. The number of rotatable bonds is 6. The van der Waals surface area contributed by atoms with Crippen LogP contribution in [0.3, 0.4) is 0 Å². The first-order chi connectivity index (χ1) is 8.19. The van der Waals surface area contributed by atoms with Crippen molar-refractivity contribution in [1.82, 2.24) is 9.97 Å². The lowest BCUT2D eigenvalue weighted by atomic mass is 10.3. The van der Waals surface area contributed by atoms with Crippen LogP contribution in [0.1, 0.15) is 51.8 Å². The zero-order valence-corrected chi connectivity index (χ0v) is 10.9. The van der Waals surface area contributed by atoms with Gasteiger partial charge in [0, 0.05) is 18.5 Å². The van der Waals surface area contributed by atoms with Gasteiger partial charge in [0.15, 0.2) is 0 Å². The average molecular weight is 235 g/mol. The average Bonchev–Trinajstić information content (AvgIpc) is 3.08. The topological polar surface area (TPSA) is 47.0 Å². The van der Waals surface area contributed by atoms with E-state index in [1.165, 1.54) is 12.8 Å². The van der Waals surface area contributed by atoms with Crippen LogP contribution in [0.25, 0.3) is 0 Å². The normalized spacial score (nSPS) is 15.1. The van der Waals surface area contributed by atoms with Gasteiger partial charge in [0.2, 0.25) is 5.88 Å². The van der Waals surface area contributed by atoms with Crippen molar-refractivity contribution in [2.75, 3.05) is 11.9 Å². The molecule has 17 heavy (non-hydrogen) atoms. The molecule has 1 aliphatic carbocycles. The highest BCUT2D eigenvalue weighted by Gasteiger charge is 2.27. The molecule has 0 saturated heterocycles. The maximum absolute atomic E-state index is 5.66. The van der Waals surface area contributed by atoms with E-state index >= 15 is 0 Å². The lowest BCUT2D eigenvalue weighted by molar-refractivity contribution is 0.231. The monoisotopic (exact) mass is 235 g/mol. The predicted octanol–water partition coefficient (Wildman–Crippen LogP) is 2.96. The van der Waals surface area contributed by atoms with Gasteiger partial charge in [-0.15, -0.1) is 0 Å². The Morgan fingerprint density at radius 3 is 2.76 bits per heavy atom. The number of ether oxygens (including phenoxy) is 1. The zero-order valence-electron chi connectivity index (χ0n) is 10.9. The summed E-state index contributed by atoms with van der Waals surface area (Å²) in [6.07, 6.45) is 3.65. The molecule has 0 aliphatic heterocycles. The zero-order chi connectivity index (χ0) is 12.3. The fraction of sp³-hybridized carbons (Fsp3) is 0.692. The molecule has 0 radical (unpaired) electrons. The van der Waals surface area contributed by atoms with Gasteiger partial charge in [0.05, 0.1) is 6.10 Å². The van der Waals surface area contributed by atoms with Gasteiger partial charge in [0.25, 0.3) is 0 Å². The minimum atomic E-state index is 0.149. The predicted molar refractivity (Wildman–Crippen MR) is 68.6 cm³/mol. The summed E-state index contributed by atoms with van der Waals surface area (Å²) < 4.78 is 5.66. The van der Waals surface area contributed by atoms with E-state index in [-0.39, 0.29) is 6.10 Å². The molecule has 0 aromatic carbocycles. The maximum Gasteiger partial charge on any atom is 0.218 e. The molecule has 1 aliphatic rings. The minimum absolute atomic E-state index is 0.149. The van der Waals surface area contributed by atoms with E-state index in [0.717, 1.165) is 24.6 Å². The van der Waals surface area contributed by atoms with Crippen molar-refractivity contribution in [1.29, 1.82) is 0 Å². The van der Waals surface area contributed by atoms with Crippen molar-refractivity contribution in [2.24, 2.45) is 0 Å². The number of nitrogens with one attached hydrogen (secondary N) is 1. The molecule has 1 aromatic rings. The number of hydrogen-bond acceptors (Lipinski definition) is 4.